The molecular weight excluding hydrogens is 290 g/mol. The lowest BCUT2D eigenvalue weighted by Crippen LogP contribution is -2.43. The molecule has 0 radical (unpaired) electrons. The third-order valence-corrected chi connectivity index (χ3v) is 4.07. The maximum Gasteiger partial charge on any atom is 0.277 e. The number of carbonyl (C=O) groups excluding carboxylic acids is 1. The molecule has 0 aliphatic carbocycles. The molecule has 6 nitrogen and oxygen atoms in total. The van der Waals surface area contributed by atoms with E-state index in [-0.39, 0.29) is 5.91 Å². The highest BCUT2D eigenvalue weighted by Gasteiger charge is 2.21. The van der Waals surface area contributed by atoms with Crippen LogP contribution in [0, 0.1) is 0 Å². The molecule has 0 unspecified atom stereocenters. The quantitative estimate of drug-likeness (QED) is 0.788. The first-order valence-electron chi connectivity index (χ1n) is 6.65. The van der Waals surface area contributed by atoms with E-state index in [1.165, 1.54) is 11.8 Å². The lowest BCUT2D eigenvalue weighted by molar-refractivity contribution is -0.131. The van der Waals surface area contributed by atoms with Gasteiger partial charge < -0.3 is 14.1 Å². The van der Waals surface area contributed by atoms with Gasteiger partial charge in [0.2, 0.25) is 5.91 Å². The van der Waals surface area contributed by atoms with Gasteiger partial charge in [-0.15, -0.1) is 10.2 Å². The van der Waals surface area contributed by atoms with E-state index >= 15 is 0 Å². The first kappa shape index (κ1) is 13.9. The highest BCUT2D eigenvalue weighted by Crippen LogP contribution is 2.30. The van der Waals surface area contributed by atoms with Crippen LogP contribution >= 0.6 is 11.8 Å². The normalized spacial score (nSPS) is 13.9. The summed E-state index contributed by atoms with van der Waals surface area (Å²) in [5, 5.41) is 8.37. The molecule has 1 aromatic heterocycles. The van der Waals surface area contributed by atoms with Gasteiger partial charge in [-0.3, -0.25) is 4.79 Å². The Kier molecular flexibility index (Phi) is 4.10. The summed E-state index contributed by atoms with van der Waals surface area (Å²) in [6, 6.07) is 7.44. The molecule has 0 saturated carbocycles. The van der Waals surface area contributed by atoms with Gasteiger partial charge in [0.1, 0.15) is 5.75 Å². The lowest BCUT2D eigenvalue weighted by atomic mass is 10.2. The first-order valence-corrected chi connectivity index (χ1v) is 7.64. The second-order valence-electron chi connectivity index (χ2n) is 4.60. The van der Waals surface area contributed by atoms with Crippen molar-refractivity contribution in [3.63, 3.8) is 0 Å². The number of amides is 1. The number of aromatic nitrogens is 2. The Labute approximate surface area is 126 Å². The van der Waals surface area contributed by atoms with E-state index in [0.717, 1.165) is 25.1 Å². The zero-order chi connectivity index (χ0) is 14.7. The molecule has 1 aliphatic rings. The summed E-state index contributed by atoms with van der Waals surface area (Å²) in [4.78, 5) is 13.6. The minimum atomic E-state index is 0.114. The van der Waals surface area contributed by atoms with Crippen molar-refractivity contribution in [2.75, 3.05) is 26.0 Å². The van der Waals surface area contributed by atoms with Crippen molar-refractivity contribution in [1.82, 2.24) is 15.1 Å². The van der Waals surface area contributed by atoms with Gasteiger partial charge in [0.05, 0.1) is 18.4 Å². The van der Waals surface area contributed by atoms with Gasteiger partial charge in [-0.25, -0.2) is 0 Å². The Morgan fingerprint density at radius 2 is 2.19 bits per heavy atom. The lowest BCUT2D eigenvalue weighted by Gasteiger charge is -2.30. The number of benzene rings is 1. The van der Waals surface area contributed by atoms with Crippen LogP contribution in [0.1, 0.15) is 6.42 Å². The predicted molar refractivity (Wildman–Crippen MR) is 78.2 cm³/mol. The van der Waals surface area contributed by atoms with Crippen molar-refractivity contribution in [2.45, 2.75) is 11.6 Å². The summed E-state index contributed by atoms with van der Waals surface area (Å²) in [6.07, 6.45) is 1.09. The van der Waals surface area contributed by atoms with Crippen LogP contribution in [0.25, 0.3) is 11.5 Å². The van der Waals surface area contributed by atoms with Crippen molar-refractivity contribution in [1.29, 1.82) is 0 Å². The number of likely N-dealkylation sites (tertiary alicyclic amines) is 1. The van der Waals surface area contributed by atoms with Gasteiger partial charge in [0.25, 0.3) is 11.1 Å². The number of nitrogens with zero attached hydrogens (tertiary/aromatic N) is 3. The average molecular weight is 305 g/mol. The van der Waals surface area contributed by atoms with Crippen molar-refractivity contribution in [3.05, 3.63) is 24.3 Å². The van der Waals surface area contributed by atoms with E-state index in [0.29, 0.717) is 22.6 Å². The maximum absolute atomic E-state index is 11.8. The molecule has 21 heavy (non-hydrogen) atoms. The minimum Gasteiger partial charge on any atom is -0.496 e. The van der Waals surface area contributed by atoms with Crippen molar-refractivity contribution >= 4 is 17.7 Å². The molecule has 0 spiro atoms. The number of carbonyl (C=O) groups is 1. The highest BCUT2D eigenvalue weighted by molar-refractivity contribution is 7.99. The summed E-state index contributed by atoms with van der Waals surface area (Å²) >= 11 is 1.26. The van der Waals surface area contributed by atoms with Crippen LogP contribution in [0.15, 0.2) is 33.9 Å². The number of rotatable bonds is 5. The number of thioether (sulfide) groups is 1. The van der Waals surface area contributed by atoms with Gasteiger partial charge in [0.15, 0.2) is 0 Å². The number of hydrogen-bond acceptors (Lipinski definition) is 6. The minimum absolute atomic E-state index is 0.114. The molecule has 110 valence electrons. The Bertz CT molecular complexity index is 640. The summed E-state index contributed by atoms with van der Waals surface area (Å²) in [6.45, 7) is 1.71. The van der Waals surface area contributed by atoms with E-state index in [1.807, 2.05) is 29.2 Å². The largest absolute Gasteiger partial charge is 0.496 e. The molecule has 2 heterocycles. The number of hydrogen-bond donors (Lipinski definition) is 0. The van der Waals surface area contributed by atoms with Crippen LogP contribution in [-0.4, -0.2) is 47.0 Å². The fourth-order valence-electron chi connectivity index (χ4n) is 1.98. The number of methoxy groups -OCH3 is 1. The molecular formula is C14H15N3O3S. The van der Waals surface area contributed by atoms with Crippen molar-refractivity contribution in [3.8, 4) is 17.2 Å². The Balaban J connectivity index is 1.67. The fraction of sp³-hybridized carbons (Fsp3) is 0.357. The molecule has 1 aromatic carbocycles. The maximum atomic E-state index is 11.8. The monoisotopic (exact) mass is 305 g/mol. The third-order valence-electron chi connectivity index (χ3n) is 3.27. The van der Waals surface area contributed by atoms with Gasteiger partial charge in [-0.2, -0.15) is 0 Å². The Morgan fingerprint density at radius 1 is 1.38 bits per heavy atom. The Hall–Kier alpha value is -2.02. The van der Waals surface area contributed by atoms with Gasteiger partial charge in [-0.05, 0) is 18.6 Å². The number of ether oxygens (including phenoxy) is 1. The van der Waals surface area contributed by atoms with Crippen LogP contribution in [0.3, 0.4) is 0 Å². The van der Waals surface area contributed by atoms with Gasteiger partial charge in [-0.1, -0.05) is 23.9 Å². The molecule has 3 rings (SSSR count). The van der Waals surface area contributed by atoms with Gasteiger partial charge in [0, 0.05) is 13.1 Å². The van der Waals surface area contributed by atoms with E-state index in [9.17, 15) is 4.79 Å². The standard InChI is InChI=1S/C14H15N3O3S/c1-19-11-6-3-2-5-10(11)13-15-16-14(20-13)21-9-12(18)17-7-4-8-17/h2-3,5-6H,4,7-9H2,1H3. The number of para-hydroxylation sites is 1. The highest BCUT2D eigenvalue weighted by atomic mass is 32.2. The van der Waals surface area contributed by atoms with Crippen molar-refractivity contribution in [2.24, 2.45) is 0 Å². The topological polar surface area (TPSA) is 68.5 Å². The second-order valence-corrected chi connectivity index (χ2v) is 5.52. The average Bonchev–Trinajstić information content (AvgIpc) is 2.92. The summed E-state index contributed by atoms with van der Waals surface area (Å²) in [5.74, 6) is 1.51. The molecule has 0 atom stereocenters. The van der Waals surface area contributed by atoms with Gasteiger partial charge >= 0.3 is 0 Å². The van der Waals surface area contributed by atoms with Crippen LogP contribution in [0.2, 0.25) is 0 Å². The van der Waals surface area contributed by atoms with E-state index < -0.39 is 0 Å². The molecule has 2 aromatic rings. The fourth-order valence-corrected chi connectivity index (χ4v) is 2.64. The molecule has 7 heteroatoms. The third kappa shape index (κ3) is 3.02. The molecule has 1 saturated heterocycles. The van der Waals surface area contributed by atoms with E-state index in [1.54, 1.807) is 7.11 Å². The second kappa shape index (κ2) is 6.17. The smallest absolute Gasteiger partial charge is 0.277 e. The van der Waals surface area contributed by atoms with Crippen LogP contribution in [0.4, 0.5) is 0 Å². The molecule has 1 amide bonds. The SMILES string of the molecule is COc1ccccc1-c1nnc(SCC(=O)N2CCC2)o1. The molecule has 1 aliphatic heterocycles. The van der Waals surface area contributed by atoms with Crippen LogP contribution in [-0.2, 0) is 4.79 Å². The molecule has 0 bridgehead atoms. The predicted octanol–water partition coefficient (Wildman–Crippen LogP) is 2.07. The van der Waals surface area contributed by atoms with E-state index in [4.69, 9.17) is 9.15 Å². The summed E-state index contributed by atoms with van der Waals surface area (Å²) in [7, 11) is 1.59. The zero-order valence-corrected chi connectivity index (χ0v) is 12.4. The first-order chi connectivity index (χ1) is 10.3. The summed E-state index contributed by atoms with van der Waals surface area (Å²) < 4.78 is 10.8. The Morgan fingerprint density at radius 3 is 2.90 bits per heavy atom. The van der Waals surface area contributed by atoms with Crippen LogP contribution < -0.4 is 4.74 Å². The van der Waals surface area contributed by atoms with E-state index in [2.05, 4.69) is 10.2 Å². The summed E-state index contributed by atoms with van der Waals surface area (Å²) in [5.41, 5.74) is 0.744. The zero-order valence-electron chi connectivity index (χ0n) is 11.6. The molecule has 1 fully saturated rings. The van der Waals surface area contributed by atoms with Crippen molar-refractivity contribution < 1.29 is 13.9 Å². The van der Waals surface area contributed by atoms with Crippen LogP contribution in [0.5, 0.6) is 5.75 Å². The molecule has 0 N–H and O–H groups in total.